The molecule has 0 aromatic heterocycles. The van der Waals surface area contributed by atoms with Gasteiger partial charge in [-0.15, -0.1) is 11.8 Å². The van der Waals surface area contributed by atoms with E-state index in [1.54, 1.807) is 0 Å². The molecule has 0 bridgehead atoms. The van der Waals surface area contributed by atoms with E-state index in [1.165, 1.54) is 10.5 Å². The van der Waals surface area contributed by atoms with Gasteiger partial charge in [-0.25, -0.2) is 0 Å². The molecule has 0 fully saturated rings. The van der Waals surface area contributed by atoms with Crippen molar-refractivity contribution in [1.29, 1.82) is 10.5 Å². The first-order chi connectivity index (χ1) is 8.35. The minimum absolute atomic E-state index is 0.330. The first kappa shape index (κ1) is 12.0. The van der Waals surface area contributed by atoms with Gasteiger partial charge < -0.3 is 0 Å². The van der Waals surface area contributed by atoms with Gasteiger partial charge in [0.15, 0.2) is 0 Å². The molecular formula is C13H13N3S. The fourth-order valence-electron chi connectivity index (χ4n) is 2.08. The van der Waals surface area contributed by atoms with E-state index in [-0.39, 0.29) is 0 Å². The highest BCUT2D eigenvalue weighted by atomic mass is 32.2. The normalized spacial score (nSPS) is 17.5. The molecular weight excluding hydrogens is 230 g/mol. The summed E-state index contributed by atoms with van der Waals surface area (Å²) >= 11 is 1.86. The first-order valence-electron chi connectivity index (χ1n) is 5.53. The molecule has 0 saturated heterocycles. The van der Waals surface area contributed by atoms with Crippen LogP contribution in [0, 0.1) is 22.7 Å². The smallest absolute Gasteiger partial charge is 0.0874 e. The van der Waals surface area contributed by atoms with Crippen molar-refractivity contribution in [2.45, 2.75) is 10.8 Å². The molecule has 1 unspecified atom stereocenters. The van der Waals surface area contributed by atoms with Crippen LogP contribution in [0.25, 0.3) is 0 Å². The average Bonchev–Trinajstić information content (AvgIpc) is 2.74. The SMILES string of the molecule is N#CCN(CC#N)CC1CSc2ccccc21. The Bertz CT molecular complexity index is 456. The molecule has 0 N–H and O–H groups in total. The molecule has 1 aliphatic rings. The Kier molecular flexibility index (Phi) is 4.03. The van der Waals surface area contributed by atoms with Crippen LogP contribution >= 0.6 is 11.8 Å². The second-order valence-corrected chi connectivity index (χ2v) is 5.09. The van der Waals surface area contributed by atoms with Gasteiger partial charge in [-0.3, -0.25) is 4.90 Å². The Labute approximate surface area is 106 Å². The zero-order valence-electron chi connectivity index (χ0n) is 9.47. The summed E-state index contributed by atoms with van der Waals surface area (Å²) in [6.45, 7) is 1.46. The molecule has 17 heavy (non-hydrogen) atoms. The van der Waals surface area contributed by atoms with Crippen LogP contribution in [0.5, 0.6) is 0 Å². The predicted octanol–water partition coefficient (Wildman–Crippen LogP) is 2.23. The first-order valence-corrected chi connectivity index (χ1v) is 6.51. The Morgan fingerprint density at radius 2 is 1.94 bits per heavy atom. The molecule has 86 valence electrons. The summed E-state index contributed by atoms with van der Waals surface area (Å²) in [7, 11) is 0. The predicted molar refractivity (Wildman–Crippen MR) is 67.6 cm³/mol. The van der Waals surface area contributed by atoms with E-state index < -0.39 is 0 Å². The number of thioether (sulfide) groups is 1. The Morgan fingerprint density at radius 1 is 1.24 bits per heavy atom. The van der Waals surface area contributed by atoms with E-state index in [1.807, 2.05) is 16.7 Å². The fraction of sp³-hybridized carbons (Fsp3) is 0.385. The Hall–Kier alpha value is -1.49. The van der Waals surface area contributed by atoms with Crippen LogP contribution in [0.15, 0.2) is 29.2 Å². The van der Waals surface area contributed by atoms with E-state index in [9.17, 15) is 0 Å². The van der Waals surface area contributed by atoms with E-state index in [2.05, 4.69) is 36.4 Å². The number of hydrogen-bond acceptors (Lipinski definition) is 4. The van der Waals surface area contributed by atoms with Gasteiger partial charge in [-0.2, -0.15) is 10.5 Å². The second kappa shape index (κ2) is 5.72. The van der Waals surface area contributed by atoms with Crippen molar-refractivity contribution in [3.05, 3.63) is 29.8 Å². The monoisotopic (exact) mass is 243 g/mol. The highest BCUT2D eigenvalue weighted by Crippen LogP contribution is 2.39. The lowest BCUT2D eigenvalue weighted by atomic mass is 10.0. The minimum atomic E-state index is 0.330. The highest BCUT2D eigenvalue weighted by molar-refractivity contribution is 7.99. The maximum Gasteiger partial charge on any atom is 0.0874 e. The van der Waals surface area contributed by atoms with Crippen molar-refractivity contribution in [1.82, 2.24) is 4.90 Å². The number of fused-ring (bicyclic) bond motifs is 1. The molecule has 1 atom stereocenters. The van der Waals surface area contributed by atoms with Crippen LogP contribution in [0.2, 0.25) is 0 Å². The summed E-state index contributed by atoms with van der Waals surface area (Å²) < 4.78 is 0. The average molecular weight is 243 g/mol. The van der Waals surface area contributed by atoms with E-state index >= 15 is 0 Å². The number of benzene rings is 1. The zero-order chi connectivity index (χ0) is 12.1. The molecule has 1 aliphatic heterocycles. The summed E-state index contributed by atoms with van der Waals surface area (Å²) in [6, 6.07) is 12.6. The quantitative estimate of drug-likeness (QED) is 0.761. The lowest BCUT2D eigenvalue weighted by Crippen LogP contribution is -2.29. The number of rotatable bonds is 4. The van der Waals surface area contributed by atoms with Crippen molar-refractivity contribution in [2.75, 3.05) is 25.4 Å². The molecule has 2 rings (SSSR count). The third kappa shape index (κ3) is 2.79. The topological polar surface area (TPSA) is 50.8 Å². The number of nitriles is 2. The lowest BCUT2D eigenvalue weighted by Gasteiger charge is -2.20. The molecule has 1 aromatic carbocycles. The summed E-state index contributed by atoms with van der Waals surface area (Å²) in [5.41, 5.74) is 1.36. The minimum Gasteiger partial charge on any atom is -0.277 e. The van der Waals surface area contributed by atoms with Gasteiger partial charge in [-0.05, 0) is 11.6 Å². The molecule has 0 spiro atoms. The lowest BCUT2D eigenvalue weighted by molar-refractivity contribution is 0.326. The Balaban J connectivity index is 2.06. The van der Waals surface area contributed by atoms with Crippen LogP contribution in [-0.4, -0.2) is 30.3 Å². The van der Waals surface area contributed by atoms with E-state index in [4.69, 9.17) is 10.5 Å². The van der Waals surface area contributed by atoms with Crippen LogP contribution in [0.4, 0.5) is 0 Å². The van der Waals surface area contributed by atoms with Crippen molar-refractivity contribution >= 4 is 11.8 Å². The molecule has 3 nitrogen and oxygen atoms in total. The number of hydrogen-bond donors (Lipinski definition) is 0. The van der Waals surface area contributed by atoms with Crippen LogP contribution < -0.4 is 0 Å². The van der Waals surface area contributed by atoms with Gasteiger partial charge in [0, 0.05) is 23.1 Å². The molecule has 4 heteroatoms. The second-order valence-electron chi connectivity index (χ2n) is 4.03. The van der Waals surface area contributed by atoms with Crippen molar-refractivity contribution in [2.24, 2.45) is 0 Å². The molecule has 0 saturated carbocycles. The van der Waals surface area contributed by atoms with Crippen LogP contribution in [0.3, 0.4) is 0 Å². The van der Waals surface area contributed by atoms with Crippen LogP contribution in [0.1, 0.15) is 11.5 Å². The summed E-state index contributed by atoms with van der Waals surface area (Å²) in [5.74, 6) is 1.49. The van der Waals surface area contributed by atoms with Gasteiger partial charge in [0.1, 0.15) is 0 Å². The Morgan fingerprint density at radius 3 is 2.65 bits per heavy atom. The molecule has 0 radical (unpaired) electrons. The molecule has 0 amide bonds. The third-order valence-electron chi connectivity index (χ3n) is 2.87. The molecule has 0 aliphatic carbocycles. The van der Waals surface area contributed by atoms with Gasteiger partial charge >= 0.3 is 0 Å². The van der Waals surface area contributed by atoms with E-state index in [0.29, 0.717) is 19.0 Å². The maximum atomic E-state index is 8.73. The van der Waals surface area contributed by atoms with Crippen molar-refractivity contribution in [3.63, 3.8) is 0 Å². The maximum absolute atomic E-state index is 8.73. The highest BCUT2D eigenvalue weighted by Gasteiger charge is 2.24. The van der Waals surface area contributed by atoms with Crippen molar-refractivity contribution < 1.29 is 0 Å². The zero-order valence-corrected chi connectivity index (χ0v) is 10.3. The van der Waals surface area contributed by atoms with Gasteiger partial charge in [0.25, 0.3) is 0 Å². The molecule has 1 heterocycles. The third-order valence-corrected chi connectivity index (χ3v) is 4.12. The van der Waals surface area contributed by atoms with Gasteiger partial charge in [0.05, 0.1) is 25.2 Å². The van der Waals surface area contributed by atoms with Gasteiger partial charge in [0.2, 0.25) is 0 Å². The van der Waals surface area contributed by atoms with Crippen molar-refractivity contribution in [3.8, 4) is 12.1 Å². The summed E-state index contributed by atoms with van der Waals surface area (Å²) in [6.07, 6.45) is 0. The standard InChI is InChI=1S/C13H13N3S/c14-5-7-16(8-6-15)9-11-10-17-13-4-2-1-3-12(11)13/h1-4,11H,7-10H2. The van der Waals surface area contributed by atoms with Crippen LogP contribution in [-0.2, 0) is 0 Å². The summed E-state index contributed by atoms with van der Waals surface area (Å²) in [5, 5.41) is 17.5. The largest absolute Gasteiger partial charge is 0.277 e. The fourth-order valence-corrected chi connectivity index (χ4v) is 3.32. The van der Waals surface area contributed by atoms with E-state index in [0.717, 1.165) is 12.3 Å². The summed E-state index contributed by atoms with van der Waals surface area (Å²) in [4.78, 5) is 3.25. The van der Waals surface area contributed by atoms with Gasteiger partial charge in [-0.1, -0.05) is 18.2 Å². The number of nitrogens with zero attached hydrogens (tertiary/aromatic N) is 3. The molecule has 1 aromatic rings.